The van der Waals surface area contributed by atoms with Crippen LogP contribution in [0.5, 0.6) is 0 Å². The number of anilines is 1. The summed E-state index contributed by atoms with van der Waals surface area (Å²) in [6.45, 7) is 3.28. The van der Waals surface area contributed by atoms with Crippen molar-refractivity contribution in [3.63, 3.8) is 0 Å². The molecule has 1 amide bonds. The molecule has 3 heterocycles. The number of aromatic nitrogens is 5. The van der Waals surface area contributed by atoms with E-state index in [0.29, 0.717) is 17.2 Å². The minimum atomic E-state index is -1.04. The molecule has 0 saturated heterocycles. The molecule has 0 aliphatic rings. The van der Waals surface area contributed by atoms with E-state index in [0.717, 1.165) is 0 Å². The molecule has 0 aliphatic heterocycles. The number of hydrogen-bond acceptors (Lipinski definition) is 6. The summed E-state index contributed by atoms with van der Waals surface area (Å²) in [6.07, 6.45) is 7.92. The standard InChI is InChI=1S/C16H16N6O2/c1-16(2,24)12-4-3-11(9-19-12)20-15(23)14-18-6-5-13(21-14)22-8-7-17-10-22/h3-10,24H,1-2H3,(H,20,23). The van der Waals surface area contributed by atoms with Crippen molar-refractivity contribution < 1.29 is 9.90 Å². The molecule has 0 saturated carbocycles. The maximum absolute atomic E-state index is 12.3. The highest BCUT2D eigenvalue weighted by molar-refractivity contribution is 6.01. The zero-order valence-corrected chi connectivity index (χ0v) is 13.2. The van der Waals surface area contributed by atoms with Gasteiger partial charge in [-0.25, -0.2) is 15.0 Å². The van der Waals surface area contributed by atoms with E-state index in [1.165, 1.54) is 12.4 Å². The Morgan fingerprint density at radius 2 is 2.04 bits per heavy atom. The van der Waals surface area contributed by atoms with Gasteiger partial charge in [-0.15, -0.1) is 0 Å². The van der Waals surface area contributed by atoms with Crippen LogP contribution in [0, 0.1) is 0 Å². The normalized spacial score (nSPS) is 11.3. The predicted octanol–water partition coefficient (Wildman–Crippen LogP) is 1.54. The van der Waals surface area contributed by atoms with Crippen LogP contribution in [0.2, 0.25) is 0 Å². The average Bonchev–Trinajstić information content (AvgIpc) is 3.09. The first-order chi connectivity index (χ1) is 11.4. The lowest BCUT2D eigenvalue weighted by Crippen LogP contribution is -2.19. The summed E-state index contributed by atoms with van der Waals surface area (Å²) in [5.74, 6) is 0.130. The second kappa shape index (κ2) is 6.17. The van der Waals surface area contributed by atoms with E-state index in [1.807, 2.05) is 0 Å². The number of nitrogens with zero attached hydrogens (tertiary/aromatic N) is 5. The van der Waals surface area contributed by atoms with Gasteiger partial charge < -0.3 is 10.4 Å². The SMILES string of the molecule is CC(C)(O)c1ccc(NC(=O)c2nccc(-n3ccnc3)n2)cn1. The second-order valence-electron chi connectivity index (χ2n) is 5.65. The summed E-state index contributed by atoms with van der Waals surface area (Å²) in [5.41, 5.74) is -0.0337. The molecule has 0 fully saturated rings. The molecular formula is C16H16N6O2. The van der Waals surface area contributed by atoms with Gasteiger partial charge in [0.1, 0.15) is 17.7 Å². The topological polar surface area (TPSA) is 106 Å². The molecule has 8 nitrogen and oxygen atoms in total. The largest absolute Gasteiger partial charge is 0.384 e. The van der Waals surface area contributed by atoms with E-state index in [-0.39, 0.29) is 5.82 Å². The Labute approximate surface area is 138 Å². The molecule has 0 bridgehead atoms. The molecule has 8 heteroatoms. The number of rotatable bonds is 4. The minimum Gasteiger partial charge on any atom is -0.384 e. The predicted molar refractivity (Wildman–Crippen MR) is 86.6 cm³/mol. The fourth-order valence-corrected chi connectivity index (χ4v) is 2.01. The van der Waals surface area contributed by atoms with Crippen molar-refractivity contribution in [2.75, 3.05) is 5.32 Å². The molecule has 24 heavy (non-hydrogen) atoms. The van der Waals surface area contributed by atoms with E-state index in [4.69, 9.17) is 0 Å². The summed E-state index contributed by atoms with van der Waals surface area (Å²) >= 11 is 0. The Balaban J connectivity index is 1.77. The molecule has 0 aromatic carbocycles. The molecular weight excluding hydrogens is 308 g/mol. The zero-order chi connectivity index (χ0) is 17.2. The fourth-order valence-electron chi connectivity index (χ4n) is 2.01. The quantitative estimate of drug-likeness (QED) is 0.754. The van der Waals surface area contributed by atoms with Gasteiger partial charge in [-0.05, 0) is 32.0 Å². The third-order valence-corrected chi connectivity index (χ3v) is 3.26. The summed E-state index contributed by atoms with van der Waals surface area (Å²) in [7, 11) is 0. The summed E-state index contributed by atoms with van der Waals surface area (Å²) in [4.78, 5) is 28.6. The minimum absolute atomic E-state index is 0.0350. The van der Waals surface area contributed by atoms with E-state index in [2.05, 4.69) is 25.3 Å². The van der Waals surface area contributed by atoms with Gasteiger partial charge in [-0.2, -0.15) is 0 Å². The first-order valence-corrected chi connectivity index (χ1v) is 7.25. The molecule has 3 aromatic heterocycles. The second-order valence-corrected chi connectivity index (χ2v) is 5.65. The highest BCUT2D eigenvalue weighted by Crippen LogP contribution is 2.18. The van der Waals surface area contributed by atoms with Crippen LogP contribution in [0.4, 0.5) is 5.69 Å². The summed E-state index contributed by atoms with van der Waals surface area (Å²) < 4.78 is 1.68. The monoisotopic (exact) mass is 324 g/mol. The highest BCUT2D eigenvalue weighted by atomic mass is 16.3. The van der Waals surface area contributed by atoms with Crippen LogP contribution < -0.4 is 5.32 Å². The Morgan fingerprint density at radius 3 is 2.67 bits per heavy atom. The van der Waals surface area contributed by atoms with Gasteiger partial charge in [0.2, 0.25) is 5.82 Å². The molecule has 122 valence electrons. The molecule has 0 unspecified atom stereocenters. The smallest absolute Gasteiger partial charge is 0.293 e. The molecule has 0 spiro atoms. The van der Waals surface area contributed by atoms with Crippen molar-refractivity contribution in [1.82, 2.24) is 24.5 Å². The maximum Gasteiger partial charge on any atom is 0.293 e. The van der Waals surface area contributed by atoms with Crippen molar-refractivity contribution in [2.45, 2.75) is 19.4 Å². The van der Waals surface area contributed by atoms with E-state index in [9.17, 15) is 9.90 Å². The van der Waals surface area contributed by atoms with Crippen LogP contribution in [0.1, 0.15) is 30.2 Å². The maximum atomic E-state index is 12.3. The molecule has 0 aliphatic carbocycles. The number of amides is 1. The third kappa shape index (κ3) is 3.44. The highest BCUT2D eigenvalue weighted by Gasteiger charge is 2.17. The number of imidazole rings is 1. The van der Waals surface area contributed by atoms with Crippen molar-refractivity contribution in [3.05, 3.63) is 60.8 Å². The van der Waals surface area contributed by atoms with Gasteiger partial charge in [0.05, 0.1) is 17.6 Å². The number of carbonyl (C=O) groups is 1. The van der Waals surface area contributed by atoms with Crippen LogP contribution in [0.15, 0.2) is 49.3 Å². The van der Waals surface area contributed by atoms with Gasteiger partial charge in [-0.3, -0.25) is 14.3 Å². The van der Waals surface area contributed by atoms with Gasteiger partial charge >= 0.3 is 0 Å². The van der Waals surface area contributed by atoms with Crippen molar-refractivity contribution in [3.8, 4) is 5.82 Å². The zero-order valence-electron chi connectivity index (χ0n) is 13.2. The molecule has 0 atom stereocenters. The number of nitrogens with one attached hydrogen (secondary N) is 1. The first kappa shape index (κ1) is 15.8. The fraction of sp³-hybridized carbons (Fsp3) is 0.188. The van der Waals surface area contributed by atoms with Crippen LogP contribution in [-0.2, 0) is 5.60 Å². The van der Waals surface area contributed by atoms with Gasteiger partial charge in [0.25, 0.3) is 5.91 Å². The average molecular weight is 324 g/mol. The molecule has 0 radical (unpaired) electrons. The molecule has 2 N–H and O–H groups in total. The lowest BCUT2D eigenvalue weighted by Gasteiger charge is -2.16. The Kier molecular flexibility index (Phi) is 4.05. The Hall–Kier alpha value is -3.13. The van der Waals surface area contributed by atoms with Gasteiger partial charge in [0, 0.05) is 18.6 Å². The van der Waals surface area contributed by atoms with Gasteiger partial charge in [-0.1, -0.05) is 0 Å². The third-order valence-electron chi connectivity index (χ3n) is 3.26. The first-order valence-electron chi connectivity index (χ1n) is 7.25. The van der Waals surface area contributed by atoms with E-state index >= 15 is 0 Å². The number of aliphatic hydroxyl groups is 1. The van der Waals surface area contributed by atoms with Crippen molar-refractivity contribution >= 4 is 11.6 Å². The summed E-state index contributed by atoms with van der Waals surface area (Å²) in [5, 5.41) is 12.6. The number of pyridine rings is 1. The summed E-state index contributed by atoms with van der Waals surface area (Å²) in [6, 6.07) is 4.99. The lowest BCUT2D eigenvalue weighted by molar-refractivity contribution is 0.0739. The van der Waals surface area contributed by atoms with Crippen LogP contribution in [0.25, 0.3) is 5.82 Å². The van der Waals surface area contributed by atoms with E-state index in [1.54, 1.807) is 55.3 Å². The Bertz CT molecular complexity index is 838. The molecule has 3 rings (SSSR count). The molecule has 3 aromatic rings. The van der Waals surface area contributed by atoms with Crippen LogP contribution in [-0.4, -0.2) is 35.5 Å². The van der Waals surface area contributed by atoms with Crippen LogP contribution in [0.3, 0.4) is 0 Å². The lowest BCUT2D eigenvalue weighted by atomic mass is 10.1. The van der Waals surface area contributed by atoms with Crippen molar-refractivity contribution in [1.29, 1.82) is 0 Å². The van der Waals surface area contributed by atoms with Crippen molar-refractivity contribution in [2.24, 2.45) is 0 Å². The number of carbonyl (C=O) groups excluding carboxylic acids is 1. The van der Waals surface area contributed by atoms with E-state index < -0.39 is 11.5 Å². The number of hydrogen-bond donors (Lipinski definition) is 2. The van der Waals surface area contributed by atoms with Crippen LogP contribution >= 0.6 is 0 Å². The Morgan fingerprint density at radius 1 is 1.21 bits per heavy atom. The van der Waals surface area contributed by atoms with Gasteiger partial charge in [0.15, 0.2) is 0 Å².